The predicted octanol–water partition coefficient (Wildman–Crippen LogP) is 6.17. The zero-order valence-corrected chi connectivity index (χ0v) is 26.1. The molecule has 0 spiro atoms. The van der Waals surface area contributed by atoms with Crippen LogP contribution in [0.2, 0.25) is 0 Å². The second kappa shape index (κ2) is 12.9. The third-order valence-corrected chi connectivity index (χ3v) is 8.03. The molecule has 0 atom stereocenters. The highest BCUT2D eigenvalue weighted by Crippen LogP contribution is 2.34. The lowest BCUT2D eigenvalue weighted by Gasteiger charge is -2.38. The van der Waals surface area contributed by atoms with Crippen LogP contribution in [0.1, 0.15) is 67.1 Å². The van der Waals surface area contributed by atoms with Crippen LogP contribution in [0.15, 0.2) is 36.4 Å². The van der Waals surface area contributed by atoms with Crippen LogP contribution in [0.5, 0.6) is 11.6 Å². The number of rotatable bonds is 5. The van der Waals surface area contributed by atoms with Gasteiger partial charge in [0.15, 0.2) is 0 Å². The molecule has 3 aromatic rings. The fourth-order valence-electron chi connectivity index (χ4n) is 5.86. The number of nitrogens with zero attached hydrogens (tertiary/aromatic N) is 6. The molecule has 1 amide bonds. The van der Waals surface area contributed by atoms with E-state index < -0.39 is 5.60 Å². The van der Waals surface area contributed by atoms with Gasteiger partial charge in [0, 0.05) is 49.9 Å². The van der Waals surface area contributed by atoms with Gasteiger partial charge in [-0.15, -0.1) is 0 Å². The largest absolute Gasteiger partial charge is 0.444 e. The Morgan fingerprint density at radius 1 is 0.932 bits per heavy atom. The van der Waals surface area contributed by atoms with Crippen molar-refractivity contribution in [1.29, 1.82) is 10.5 Å². The van der Waals surface area contributed by atoms with Crippen molar-refractivity contribution in [3.05, 3.63) is 69.9 Å². The molecule has 44 heavy (non-hydrogen) atoms. The fourth-order valence-corrected chi connectivity index (χ4v) is 5.86. The van der Waals surface area contributed by atoms with Crippen molar-refractivity contribution in [3.8, 4) is 23.8 Å². The van der Waals surface area contributed by atoms with Gasteiger partial charge in [-0.2, -0.15) is 15.5 Å². The average molecular weight is 594 g/mol. The predicted molar refractivity (Wildman–Crippen MR) is 167 cm³/mol. The lowest BCUT2D eigenvalue weighted by molar-refractivity contribution is 0.0145. The van der Waals surface area contributed by atoms with E-state index in [2.05, 4.69) is 22.4 Å². The van der Waals surface area contributed by atoms with Gasteiger partial charge < -0.3 is 19.7 Å². The van der Waals surface area contributed by atoms with Gasteiger partial charge in [-0.1, -0.05) is 0 Å². The molecular formula is C34H39N7O3. The van der Waals surface area contributed by atoms with Crippen molar-refractivity contribution in [3.63, 3.8) is 0 Å². The molecule has 10 nitrogen and oxygen atoms in total. The van der Waals surface area contributed by atoms with Crippen LogP contribution in [0.4, 0.5) is 16.4 Å². The smallest absolute Gasteiger partial charge is 0.410 e. The summed E-state index contributed by atoms with van der Waals surface area (Å²) in [5.41, 5.74) is 5.07. The molecule has 0 saturated carbocycles. The van der Waals surface area contributed by atoms with Crippen LogP contribution in [-0.4, -0.2) is 63.7 Å². The van der Waals surface area contributed by atoms with Gasteiger partial charge in [0.2, 0.25) is 11.8 Å². The Hall–Kier alpha value is -4.67. The molecular weight excluding hydrogens is 554 g/mol. The number of aromatic nitrogens is 2. The number of fused-ring (bicyclic) bond motifs is 1. The monoisotopic (exact) mass is 593 g/mol. The Bertz CT molecular complexity index is 1580. The lowest BCUT2D eigenvalue weighted by Crippen LogP contribution is -2.48. The van der Waals surface area contributed by atoms with E-state index in [4.69, 9.17) is 24.7 Å². The summed E-state index contributed by atoms with van der Waals surface area (Å²) in [7, 11) is 0. The summed E-state index contributed by atoms with van der Waals surface area (Å²) in [6, 6.07) is 15.5. The van der Waals surface area contributed by atoms with Crippen molar-refractivity contribution in [1.82, 2.24) is 19.8 Å². The minimum atomic E-state index is -0.506. The van der Waals surface area contributed by atoms with Crippen molar-refractivity contribution >= 4 is 17.7 Å². The normalized spacial score (nSPS) is 15.8. The summed E-state index contributed by atoms with van der Waals surface area (Å²) in [5, 5.41) is 21.9. The number of anilines is 2. The van der Waals surface area contributed by atoms with Gasteiger partial charge in [0.1, 0.15) is 11.4 Å². The van der Waals surface area contributed by atoms with Gasteiger partial charge in [0.25, 0.3) is 0 Å². The number of hydrogen-bond donors (Lipinski definition) is 1. The number of ether oxygens (including phenoxy) is 2. The molecule has 2 aliphatic heterocycles. The Balaban J connectivity index is 1.38. The first-order valence-electron chi connectivity index (χ1n) is 15.1. The van der Waals surface area contributed by atoms with Crippen LogP contribution in [0.3, 0.4) is 0 Å². The maximum atomic E-state index is 12.6. The molecule has 0 unspecified atom stereocenters. The third kappa shape index (κ3) is 7.27. The molecule has 3 heterocycles. The molecule has 5 rings (SSSR count). The Morgan fingerprint density at radius 3 is 2.18 bits per heavy atom. The standard InChI is InChI=1S/C34H39N7O3/c1-22-18-25(21-36)19-23(2)30(22)43-31-28-12-16-40(27-10-14-41(15-11-27)33(42)44-34(3,4)5)17-13-29(28)38-32(39-31)37-26-8-6-24(20-35)7-9-26/h6-9,18-19,27H,10-17H2,1-5H3,(H,37,38,39). The number of likely N-dealkylation sites (tertiary alicyclic amines) is 1. The highest BCUT2D eigenvalue weighted by atomic mass is 16.6. The molecule has 1 N–H and O–H groups in total. The molecule has 10 heteroatoms. The minimum absolute atomic E-state index is 0.244. The quantitative estimate of drug-likeness (QED) is 0.369. The van der Waals surface area contributed by atoms with E-state index in [9.17, 15) is 10.1 Å². The van der Waals surface area contributed by atoms with Crippen LogP contribution in [0, 0.1) is 36.5 Å². The number of nitrogens with one attached hydrogen (secondary N) is 1. The topological polar surface area (TPSA) is 127 Å². The van der Waals surface area contributed by atoms with E-state index >= 15 is 0 Å². The van der Waals surface area contributed by atoms with Crippen molar-refractivity contribution in [2.45, 2.75) is 71.9 Å². The van der Waals surface area contributed by atoms with E-state index in [0.717, 1.165) is 66.8 Å². The molecule has 0 bridgehead atoms. The zero-order valence-electron chi connectivity index (χ0n) is 26.1. The summed E-state index contributed by atoms with van der Waals surface area (Å²) in [4.78, 5) is 26.7. The van der Waals surface area contributed by atoms with Gasteiger partial charge in [-0.25, -0.2) is 9.78 Å². The highest BCUT2D eigenvalue weighted by Gasteiger charge is 2.31. The number of carbonyl (C=O) groups excluding carboxylic acids is 1. The minimum Gasteiger partial charge on any atom is -0.444 e. The van der Waals surface area contributed by atoms with E-state index in [0.29, 0.717) is 47.8 Å². The first-order chi connectivity index (χ1) is 21.0. The Labute approximate surface area is 259 Å². The number of amides is 1. The summed E-state index contributed by atoms with van der Waals surface area (Å²) in [5.74, 6) is 1.61. The number of nitriles is 2. The molecule has 1 saturated heterocycles. The number of hydrogen-bond acceptors (Lipinski definition) is 9. The third-order valence-electron chi connectivity index (χ3n) is 8.03. The summed E-state index contributed by atoms with van der Waals surface area (Å²) in [6.07, 6.45) is 2.99. The van der Waals surface area contributed by atoms with Gasteiger partial charge in [0.05, 0.1) is 29.0 Å². The van der Waals surface area contributed by atoms with E-state index in [-0.39, 0.29) is 6.09 Å². The van der Waals surface area contributed by atoms with E-state index in [1.165, 1.54) is 0 Å². The number of aryl methyl sites for hydroxylation is 2. The van der Waals surface area contributed by atoms with Crippen LogP contribution < -0.4 is 10.1 Å². The van der Waals surface area contributed by atoms with Crippen molar-refractivity contribution < 1.29 is 14.3 Å². The van der Waals surface area contributed by atoms with Gasteiger partial charge in [-0.3, -0.25) is 4.90 Å². The molecule has 2 aliphatic rings. The number of carbonyl (C=O) groups is 1. The molecule has 1 aromatic heterocycles. The summed E-state index contributed by atoms with van der Waals surface area (Å²) >= 11 is 0. The average Bonchev–Trinajstić information content (AvgIpc) is 3.21. The van der Waals surface area contributed by atoms with E-state index in [1.54, 1.807) is 12.1 Å². The molecule has 2 aromatic carbocycles. The van der Waals surface area contributed by atoms with Gasteiger partial charge in [-0.05, 0) is 101 Å². The second-order valence-electron chi connectivity index (χ2n) is 12.5. The number of benzene rings is 2. The fraction of sp³-hybridized carbons (Fsp3) is 0.441. The first-order valence-corrected chi connectivity index (χ1v) is 15.1. The molecule has 228 valence electrons. The lowest BCUT2D eigenvalue weighted by atomic mass is 10.0. The van der Waals surface area contributed by atoms with Crippen LogP contribution in [-0.2, 0) is 17.6 Å². The summed E-state index contributed by atoms with van der Waals surface area (Å²) < 4.78 is 12.1. The van der Waals surface area contributed by atoms with Gasteiger partial charge >= 0.3 is 6.09 Å². The Morgan fingerprint density at radius 2 is 1.57 bits per heavy atom. The molecule has 1 fully saturated rings. The molecule has 0 aliphatic carbocycles. The first kappa shape index (κ1) is 30.8. The zero-order chi connectivity index (χ0) is 31.4. The maximum absolute atomic E-state index is 12.6. The van der Waals surface area contributed by atoms with E-state index in [1.807, 2.05) is 63.8 Å². The van der Waals surface area contributed by atoms with Crippen LogP contribution >= 0.6 is 0 Å². The second-order valence-corrected chi connectivity index (χ2v) is 12.5. The Kier molecular flexibility index (Phi) is 9.03. The van der Waals surface area contributed by atoms with Crippen molar-refractivity contribution in [2.75, 3.05) is 31.5 Å². The van der Waals surface area contributed by atoms with Crippen molar-refractivity contribution in [2.24, 2.45) is 0 Å². The summed E-state index contributed by atoms with van der Waals surface area (Å²) in [6.45, 7) is 12.6. The maximum Gasteiger partial charge on any atom is 0.410 e. The molecule has 0 radical (unpaired) electrons. The number of piperidine rings is 1. The highest BCUT2D eigenvalue weighted by molar-refractivity contribution is 5.68. The SMILES string of the molecule is Cc1cc(C#N)cc(C)c1Oc1nc(Nc2ccc(C#N)cc2)nc2c1CCN(C1CCN(C(=O)OC(C)(C)C)CC1)CC2. The van der Waals surface area contributed by atoms with Crippen LogP contribution in [0.25, 0.3) is 0 Å².